The lowest BCUT2D eigenvalue weighted by atomic mass is 10.2. The van der Waals surface area contributed by atoms with Gasteiger partial charge in [-0.2, -0.15) is 5.26 Å². The smallest absolute Gasteiger partial charge is 0.319 e. The maximum atomic E-state index is 12.9. The number of carbonyl (C=O) groups excluding carboxylic acids is 1. The maximum Gasteiger partial charge on any atom is 0.319 e. The normalized spacial score (nSPS) is 11.6. The minimum absolute atomic E-state index is 0.228. The molecule has 0 N–H and O–H groups in total. The van der Waals surface area contributed by atoms with E-state index in [2.05, 4.69) is 0 Å². The summed E-state index contributed by atoms with van der Waals surface area (Å²) >= 11 is 1.19. The van der Waals surface area contributed by atoms with Gasteiger partial charge in [-0.1, -0.05) is 0 Å². The van der Waals surface area contributed by atoms with Crippen LogP contribution in [0.25, 0.3) is 0 Å². The number of carbonyl (C=O) groups is 1. The van der Waals surface area contributed by atoms with Crippen molar-refractivity contribution < 1.29 is 13.9 Å². The molecular formula is C12H12FNO2S. The highest BCUT2D eigenvalue weighted by Crippen LogP contribution is 2.27. The van der Waals surface area contributed by atoms with Crippen molar-refractivity contribution in [2.45, 2.75) is 24.0 Å². The molecule has 0 aliphatic carbocycles. The van der Waals surface area contributed by atoms with Crippen LogP contribution in [0.1, 0.15) is 19.4 Å². The Hall–Kier alpha value is -1.54. The van der Waals surface area contributed by atoms with Crippen molar-refractivity contribution in [3.63, 3.8) is 0 Å². The van der Waals surface area contributed by atoms with Crippen LogP contribution in [0.15, 0.2) is 23.1 Å². The summed E-state index contributed by atoms with van der Waals surface area (Å²) in [6, 6.07) is 5.81. The summed E-state index contributed by atoms with van der Waals surface area (Å²) in [5.41, 5.74) is 0.228. The van der Waals surface area contributed by atoms with E-state index in [1.54, 1.807) is 13.8 Å². The van der Waals surface area contributed by atoms with Crippen molar-refractivity contribution in [2.75, 3.05) is 6.61 Å². The molecule has 1 unspecified atom stereocenters. The van der Waals surface area contributed by atoms with Crippen LogP contribution >= 0.6 is 11.8 Å². The first-order chi connectivity index (χ1) is 8.08. The van der Waals surface area contributed by atoms with Gasteiger partial charge in [0.15, 0.2) is 0 Å². The average Bonchev–Trinajstić information content (AvgIpc) is 2.31. The van der Waals surface area contributed by atoms with E-state index in [1.165, 1.54) is 23.9 Å². The first-order valence-corrected chi connectivity index (χ1v) is 5.99. The van der Waals surface area contributed by atoms with E-state index in [0.29, 0.717) is 11.5 Å². The number of hydrogen-bond donors (Lipinski definition) is 0. The van der Waals surface area contributed by atoms with Crippen LogP contribution < -0.4 is 0 Å². The number of nitrogens with zero attached hydrogens (tertiary/aromatic N) is 1. The Bertz CT molecular complexity index is 456. The number of ether oxygens (including phenoxy) is 1. The second-order valence-corrected chi connectivity index (χ2v) is 4.65. The van der Waals surface area contributed by atoms with E-state index in [4.69, 9.17) is 10.00 Å². The molecule has 0 aliphatic rings. The fraction of sp³-hybridized carbons (Fsp3) is 0.333. The third-order valence-electron chi connectivity index (χ3n) is 1.98. The number of esters is 1. The molecule has 17 heavy (non-hydrogen) atoms. The van der Waals surface area contributed by atoms with Crippen LogP contribution in [0.2, 0.25) is 0 Å². The molecule has 1 atom stereocenters. The van der Waals surface area contributed by atoms with E-state index < -0.39 is 11.1 Å². The van der Waals surface area contributed by atoms with E-state index >= 15 is 0 Å². The van der Waals surface area contributed by atoms with Gasteiger partial charge in [-0.05, 0) is 32.0 Å². The van der Waals surface area contributed by atoms with Crippen molar-refractivity contribution >= 4 is 17.7 Å². The summed E-state index contributed by atoms with van der Waals surface area (Å²) < 4.78 is 17.8. The van der Waals surface area contributed by atoms with Gasteiger partial charge in [-0.25, -0.2) is 4.39 Å². The van der Waals surface area contributed by atoms with Crippen LogP contribution in [-0.2, 0) is 9.53 Å². The molecule has 1 rings (SSSR count). The molecule has 0 bridgehead atoms. The Labute approximate surface area is 104 Å². The first-order valence-electron chi connectivity index (χ1n) is 5.11. The molecule has 0 saturated carbocycles. The van der Waals surface area contributed by atoms with Crippen molar-refractivity contribution in [2.24, 2.45) is 0 Å². The molecule has 1 aromatic carbocycles. The molecule has 0 saturated heterocycles. The lowest BCUT2D eigenvalue weighted by Gasteiger charge is -2.10. The molecule has 0 aromatic heterocycles. The Balaban J connectivity index is 2.82. The predicted octanol–water partition coefficient (Wildman–Crippen LogP) is 2.74. The highest BCUT2D eigenvalue weighted by Gasteiger charge is 2.17. The summed E-state index contributed by atoms with van der Waals surface area (Å²) in [6.45, 7) is 3.74. The van der Waals surface area contributed by atoms with E-state index in [1.807, 2.05) is 6.07 Å². The molecule has 0 heterocycles. The third-order valence-corrected chi connectivity index (χ3v) is 3.14. The molecule has 0 spiro atoms. The highest BCUT2D eigenvalue weighted by atomic mass is 32.2. The minimum atomic E-state index is -0.463. The maximum absolute atomic E-state index is 12.9. The molecule has 0 aliphatic heterocycles. The minimum Gasteiger partial charge on any atom is -0.465 e. The zero-order chi connectivity index (χ0) is 12.8. The first kappa shape index (κ1) is 13.5. The van der Waals surface area contributed by atoms with Crippen molar-refractivity contribution in [3.05, 3.63) is 29.6 Å². The molecule has 90 valence electrons. The van der Waals surface area contributed by atoms with Gasteiger partial charge in [0.05, 0.1) is 12.2 Å². The van der Waals surface area contributed by atoms with Crippen molar-refractivity contribution in [1.82, 2.24) is 0 Å². The zero-order valence-electron chi connectivity index (χ0n) is 9.57. The Morgan fingerprint density at radius 3 is 2.94 bits per heavy atom. The number of rotatable bonds is 4. The fourth-order valence-electron chi connectivity index (χ4n) is 1.19. The zero-order valence-corrected chi connectivity index (χ0v) is 10.4. The van der Waals surface area contributed by atoms with Gasteiger partial charge >= 0.3 is 5.97 Å². The summed E-state index contributed by atoms with van der Waals surface area (Å²) in [5.74, 6) is -0.805. The third kappa shape index (κ3) is 3.75. The Kier molecular flexibility index (Phi) is 4.98. The molecular weight excluding hydrogens is 241 g/mol. The topological polar surface area (TPSA) is 50.1 Å². The summed E-state index contributed by atoms with van der Waals surface area (Å²) in [7, 11) is 0. The number of halogens is 1. The largest absolute Gasteiger partial charge is 0.465 e. The highest BCUT2D eigenvalue weighted by molar-refractivity contribution is 8.00. The van der Waals surface area contributed by atoms with Crippen LogP contribution in [-0.4, -0.2) is 17.8 Å². The monoisotopic (exact) mass is 253 g/mol. The molecule has 0 amide bonds. The second-order valence-electron chi connectivity index (χ2n) is 3.26. The van der Waals surface area contributed by atoms with Gasteiger partial charge in [-0.3, -0.25) is 4.79 Å². The molecule has 0 radical (unpaired) electrons. The van der Waals surface area contributed by atoms with E-state index in [0.717, 1.165) is 6.07 Å². The number of nitriles is 1. The quantitative estimate of drug-likeness (QED) is 0.611. The van der Waals surface area contributed by atoms with Crippen LogP contribution in [0.5, 0.6) is 0 Å². The van der Waals surface area contributed by atoms with Gasteiger partial charge < -0.3 is 4.74 Å². The van der Waals surface area contributed by atoms with E-state index in [9.17, 15) is 9.18 Å². The summed E-state index contributed by atoms with van der Waals surface area (Å²) in [6.07, 6.45) is 0. The van der Waals surface area contributed by atoms with Crippen LogP contribution in [0.3, 0.4) is 0 Å². The van der Waals surface area contributed by atoms with Crippen molar-refractivity contribution in [3.8, 4) is 6.07 Å². The van der Waals surface area contributed by atoms with Gasteiger partial charge in [0.1, 0.15) is 17.1 Å². The number of thioether (sulfide) groups is 1. The average molecular weight is 253 g/mol. The summed E-state index contributed by atoms with van der Waals surface area (Å²) in [5, 5.41) is 8.43. The molecule has 5 heteroatoms. The number of hydrogen-bond acceptors (Lipinski definition) is 4. The van der Waals surface area contributed by atoms with Crippen LogP contribution in [0, 0.1) is 17.1 Å². The predicted molar refractivity (Wildman–Crippen MR) is 63.1 cm³/mol. The van der Waals surface area contributed by atoms with E-state index in [-0.39, 0.29) is 11.5 Å². The SMILES string of the molecule is CCOC(=O)C(C)Sc1ccc(F)cc1C#N. The van der Waals surface area contributed by atoms with Gasteiger partial charge in [-0.15, -0.1) is 11.8 Å². The lowest BCUT2D eigenvalue weighted by molar-refractivity contribution is -0.142. The number of benzene rings is 1. The second kappa shape index (κ2) is 6.26. The Morgan fingerprint density at radius 1 is 1.65 bits per heavy atom. The van der Waals surface area contributed by atoms with Crippen LogP contribution in [0.4, 0.5) is 4.39 Å². The molecule has 3 nitrogen and oxygen atoms in total. The van der Waals surface area contributed by atoms with Gasteiger partial charge in [0.2, 0.25) is 0 Å². The fourth-order valence-corrected chi connectivity index (χ4v) is 2.11. The standard InChI is InChI=1S/C12H12FNO2S/c1-3-16-12(15)8(2)17-11-5-4-10(13)6-9(11)7-14/h4-6,8H,3H2,1-2H3. The Morgan fingerprint density at radius 2 is 2.35 bits per heavy atom. The van der Waals surface area contributed by atoms with Crippen molar-refractivity contribution in [1.29, 1.82) is 5.26 Å². The van der Waals surface area contributed by atoms with Gasteiger partial charge in [0.25, 0.3) is 0 Å². The lowest BCUT2D eigenvalue weighted by Crippen LogP contribution is -2.16. The molecule has 1 aromatic rings. The van der Waals surface area contributed by atoms with Gasteiger partial charge in [0, 0.05) is 4.90 Å². The molecule has 0 fully saturated rings. The summed E-state index contributed by atoms with van der Waals surface area (Å²) in [4.78, 5) is 12.0.